The van der Waals surface area contributed by atoms with Gasteiger partial charge in [-0.05, 0) is 30.7 Å². The molecule has 68 valence electrons. The third-order valence-corrected chi connectivity index (χ3v) is 3.43. The van der Waals surface area contributed by atoms with Gasteiger partial charge in [0.25, 0.3) is 0 Å². The van der Waals surface area contributed by atoms with Crippen molar-refractivity contribution in [3.05, 3.63) is 21.3 Å². The van der Waals surface area contributed by atoms with Crippen molar-refractivity contribution < 1.29 is 5.11 Å². The summed E-state index contributed by atoms with van der Waals surface area (Å²) in [6.07, 6.45) is 0.608. The maximum Gasteiger partial charge on any atom is 0.0545 e. The summed E-state index contributed by atoms with van der Waals surface area (Å²) in [6, 6.07) is 1.90. The van der Waals surface area contributed by atoms with Crippen LogP contribution in [0.3, 0.4) is 0 Å². The first kappa shape index (κ1) is 10.0. The third-order valence-electron chi connectivity index (χ3n) is 2.02. The fourth-order valence-corrected chi connectivity index (χ4v) is 2.19. The van der Waals surface area contributed by atoms with Crippen molar-refractivity contribution in [3.8, 4) is 0 Å². The molecule has 0 saturated carbocycles. The minimum absolute atomic E-state index is 0.261. The second-order valence-corrected chi connectivity index (χ2v) is 4.52. The van der Waals surface area contributed by atoms with E-state index < -0.39 is 0 Å². The summed E-state index contributed by atoms with van der Waals surface area (Å²) >= 11 is 7.57. The van der Waals surface area contributed by atoms with Crippen LogP contribution in [0.5, 0.6) is 0 Å². The van der Waals surface area contributed by atoms with Gasteiger partial charge >= 0.3 is 0 Å². The second-order valence-electron chi connectivity index (χ2n) is 3.11. The van der Waals surface area contributed by atoms with Gasteiger partial charge in [0, 0.05) is 4.88 Å². The molecule has 0 aliphatic carbocycles. The standard InChI is InChI=1S/C9H13ClOS/c1-6(7(2)11)5-9-8(10)3-4-12-9/h3-4,6-7,11H,5H2,1-2H3. The summed E-state index contributed by atoms with van der Waals surface area (Å²) in [5.41, 5.74) is 0. The average Bonchev–Trinajstić information content (AvgIpc) is 2.36. The van der Waals surface area contributed by atoms with Crippen molar-refractivity contribution >= 4 is 22.9 Å². The first-order valence-corrected chi connectivity index (χ1v) is 5.27. The molecule has 0 spiro atoms. The van der Waals surface area contributed by atoms with Crippen molar-refractivity contribution in [2.24, 2.45) is 5.92 Å². The van der Waals surface area contributed by atoms with E-state index in [2.05, 4.69) is 0 Å². The predicted octanol–water partition coefficient (Wildman–Crippen LogP) is 2.96. The SMILES string of the molecule is CC(O)C(C)Cc1sccc1Cl. The number of hydrogen-bond donors (Lipinski definition) is 1. The molecule has 0 bridgehead atoms. The van der Waals surface area contributed by atoms with Gasteiger partial charge in [0.1, 0.15) is 0 Å². The van der Waals surface area contributed by atoms with E-state index in [4.69, 9.17) is 11.6 Å². The summed E-state index contributed by atoms with van der Waals surface area (Å²) < 4.78 is 0. The lowest BCUT2D eigenvalue weighted by molar-refractivity contribution is 0.135. The van der Waals surface area contributed by atoms with E-state index in [0.717, 1.165) is 11.4 Å². The molecule has 0 aliphatic heterocycles. The van der Waals surface area contributed by atoms with Crippen molar-refractivity contribution in [2.45, 2.75) is 26.4 Å². The lowest BCUT2D eigenvalue weighted by Gasteiger charge is -2.13. The summed E-state index contributed by atoms with van der Waals surface area (Å²) in [7, 11) is 0. The fourth-order valence-electron chi connectivity index (χ4n) is 0.934. The molecule has 0 aromatic carbocycles. The lowest BCUT2D eigenvalue weighted by Crippen LogP contribution is -2.14. The molecule has 1 N–H and O–H groups in total. The van der Waals surface area contributed by atoms with Crippen LogP contribution in [0.1, 0.15) is 18.7 Å². The number of hydrogen-bond acceptors (Lipinski definition) is 2. The van der Waals surface area contributed by atoms with Crippen LogP contribution in [0, 0.1) is 5.92 Å². The van der Waals surface area contributed by atoms with Gasteiger partial charge in [-0.3, -0.25) is 0 Å². The molecular weight excluding hydrogens is 192 g/mol. The average molecular weight is 205 g/mol. The zero-order valence-corrected chi connectivity index (χ0v) is 8.82. The molecule has 0 fully saturated rings. The Bertz CT molecular complexity index is 244. The van der Waals surface area contributed by atoms with Gasteiger partial charge in [0.2, 0.25) is 0 Å². The number of thiophene rings is 1. The van der Waals surface area contributed by atoms with Crippen LogP contribution in [-0.2, 0) is 6.42 Å². The summed E-state index contributed by atoms with van der Waals surface area (Å²) in [5, 5.41) is 12.1. The first-order chi connectivity index (χ1) is 5.61. The number of halogens is 1. The highest BCUT2D eigenvalue weighted by molar-refractivity contribution is 7.10. The van der Waals surface area contributed by atoms with Crippen molar-refractivity contribution in [3.63, 3.8) is 0 Å². The molecule has 12 heavy (non-hydrogen) atoms. The topological polar surface area (TPSA) is 20.2 Å². The van der Waals surface area contributed by atoms with Crippen LogP contribution in [0.15, 0.2) is 11.4 Å². The van der Waals surface area contributed by atoms with Crippen LogP contribution in [0.4, 0.5) is 0 Å². The van der Waals surface area contributed by atoms with Crippen LogP contribution in [0.2, 0.25) is 5.02 Å². The maximum atomic E-state index is 9.27. The molecule has 0 saturated heterocycles. The van der Waals surface area contributed by atoms with Gasteiger partial charge in [-0.1, -0.05) is 18.5 Å². The van der Waals surface area contributed by atoms with Crippen LogP contribution < -0.4 is 0 Å². The second kappa shape index (κ2) is 4.26. The van der Waals surface area contributed by atoms with Crippen LogP contribution in [0.25, 0.3) is 0 Å². The monoisotopic (exact) mass is 204 g/mol. The number of rotatable bonds is 3. The molecule has 0 aliphatic rings. The van der Waals surface area contributed by atoms with E-state index in [1.165, 1.54) is 4.88 Å². The third kappa shape index (κ3) is 2.47. The van der Waals surface area contributed by atoms with E-state index in [-0.39, 0.29) is 12.0 Å². The minimum atomic E-state index is -0.261. The molecule has 2 atom stereocenters. The zero-order chi connectivity index (χ0) is 9.14. The molecule has 3 heteroatoms. The molecule has 0 amide bonds. The molecular formula is C9H13ClOS. The Labute approximate surface area is 82.0 Å². The Morgan fingerprint density at radius 3 is 2.67 bits per heavy atom. The highest BCUT2D eigenvalue weighted by Crippen LogP contribution is 2.25. The van der Waals surface area contributed by atoms with Crippen LogP contribution >= 0.6 is 22.9 Å². The molecule has 1 aromatic heterocycles. The maximum absolute atomic E-state index is 9.27. The normalized spacial score (nSPS) is 16.0. The molecule has 0 radical (unpaired) electrons. The molecule has 2 unspecified atom stereocenters. The predicted molar refractivity (Wildman–Crippen MR) is 53.9 cm³/mol. The van der Waals surface area contributed by atoms with E-state index in [1.807, 2.05) is 25.3 Å². The van der Waals surface area contributed by atoms with Crippen molar-refractivity contribution in [1.29, 1.82) is 0 Å². The molecule has 1 aromatic rings. The molecule has 1 heterocycles. The Morgan fingerprint density at radius 2 is 2.25 bits per heavy atom. The molecule has 1 rings (SSSR count). The van der Waals surface area contributed by atoms with E-state index in [9.17, 15) is 5.11 Å². The number of aliphatic hydroxyl groups excluding tert-OH is 1. The van der Waals surface area contributed by atoms with Gasteiger partial charge < -0.3 is 5.11 Å². The Kier molecular flexibility index (Phi) is 3.56. The summed E-state index contributed by atoms with van der Waals surface area (Å²) in [6.45, 7) is 3.84. The quantitative estimate of drug-likeness (QED) is 0.803. The largest absolute Gasteiger partial charge is 0.393 e. The first-order valence-electron chi connectivity index (χ1n) is 4.01. The van der Waals surface area contributed by atoms with E-state index in [1.54, 1.807) is 11.3 Å². The Morgan fingerprint density at radius 1 is 1.58 bits per heavy atom. The van der Waals surface area contributed by atoms with Gasteiger partial charge in [-0.25, -0.2) is 0 Å². The Hall–Kier alpha value is -0.0500. The van der Waals surface area contributed by atoms with E-state index in [0.29, 0.717) is 0 Å². The van der Waals surface area contributed by atoms with Gasteiger partial charge in [0.05, 0.1) is 11.1 Å². The van der Waals surface area contributed by atoms with Crippen molar-refractivity contribution in [2.75, 3.05) is 0 Å². The minimum Gasteiger partial charge on any atom is -0.393 e. The van der Waals surface area contributed by atoms with Gasteiger partial charge in [0.15, 0.2) is 0 Å². The fraction of sp³-hybridized carbons (Fsp3) is 0.556. The Balaban J connectivity index is 2.58. The smallest absolute Gasteiger partial charge is 0.0545 e. The lowest BCUT2D eigenvalue weighted by atomic mass is 10.0. The summed E-state index contributed by atoms with van der Waals surface area (Å²) in [5.74, 6) is 0.279. The van der Waals surface area contributed by atoms with Crippen molar-refractivity contribution in [1.82, 2.24) is 0 Å². The zero-order valence-electron chi connectivity index (χ0n) is 7.25. The summed E-state index contributed by atoms with van der Waals surface area (Å²) in [4.78, 5) is 1.17. The highest BCUT2D eigenvalue weighted by Gasteiger charge is 2.12. The van der Waals surface area contributed by atoms with Gasteiger partial charge in [-0.15, -0.1) is 11.3 Å². The molecule has 1 nitrogen and oxygen atoms in total. The van der Waals surface area contributed by atoms with E-state index >= 15 is 0 Å². The van der Waals surface area contributed by atoms with Crippen LogP contribution in [-0.4, -0.2) is 11.2 Å². The van der Waals surface area contributed by atoms with Gasteiger partial charge in [-0.2, -0.15) is 0 Å². The highest BCUT2D eigenvalue weighted by atomic mass is 35.5. The number of aliphatic hydroxyl groups is 1.